The van der Waals surface area contributed by atoms with Gasteiger partial charge in [-0.1, -0.05) is 0 Å². The van der Waals surface area contributed by atoms with Crippen molar-refractivity contribution in [2.75, 3.05) is 37.6 Å². The van der Waals surface area contributed by atoms with E-state index in [0.717, 1.165) is 38.7 Å². The highest BCUT2D eigenvalue weighted by atomic mass is 16.1. The summed E-state index contributed by atoms with van der Waals surface area (Å²) in [5.74, 6) is 1.41. The molecule has 0 saturated carbocycles. The van der Waals surface area contributed by atoms with Crippen LogP contribution in [0.1, 0.15) is 0 Å². The lowest BCUT2D eigenvalue weighted by atomic mass is 10.3. The van der Waals surface area contributed by atoms with Gasteiger partial charge in [0.2, 0.25) is 5.95 Å². The molecule has 1 aliphatic rings. The summed E-state index contributed by atoms with van der Waals surface area (Å²) in [6.07, 6.45) is 7.02. The highest BCUT2D eigenvalue weighted by molar-refractivity contribution is 5.29. The van der Waals surface area contributed by atoms with Crippen molar-refractivity contribution in [3.63, 3.8) is 0 Å². The number of aromatic nitrogens is 6. The lowest BCUT2D eigenvalue weighted by molar-refractivity contribution is 0.241. The maximum Gasteiger partial charge on any atom is 0.266 e. The van der Waals surface area contributed by atoms with E-state index in [1.54, 1.807) is 29.3 Å². The van der Waals surface area contributed by atoms with Crippen molar-refractivity contribution in [1.82, 2.24) is 34.4 Å². The number of rotatable bonds is 5. The molecule has 1 aliphatic heterocycles. The third kappa shape index (κ3) is 3.62. The Morgan fingerprint density at radius 2 is 1.73 bits per heavy atom. The van der Waals surface area contributed by atoms with Crippen LogP contribution in [0.25, 0.3) is 5.82 Å². The van der Waals surface area contributed by atoms with E-state index >= 15 is 0 Å². The van der Waals surface area contributed by atoms with Crippen molar-refractivity contribution in [2.24, 2.45) is 0 Å². The Kier molecular flexibility index (Phi) is 4.69. The first-order valence-corrected chi connectivity index (χ1v) is 8.62. The van der Waals surface area contributed by atoms with Crippen LogP contribution in [0.3, 0.4) is 0 Å². The Morgan fingerprint density at radius 3 is 2.46 bits per heavy atom. The number of piperazine rings is 1. The minimum atomic E-state index is -0.0998. The first kappa shape index (κ1) is 16.4. The highest BCUT2D eigenvalue weighted by Crippen LogP contribution is 2.09. The molecule has 134 valence electrons. The summed E-state index contributed by atoms with van der Waals surface area (Å²) in [5.41, 5.74) is -0.0998. The van der Waals surface area contributed by atoms with E-state index in [2.05, 4.69) is 30.0 Å². The molecule has 9 nitrogen and oxygen atoms in total. The molecule has 9 heteroatoms. The predicted molar refractivity (Wildman–Crippen MR) is 96.3 cm³/mol. The molecular weight excluding hydrogens is 332 g/mol. The van der Waals surface area contributed by atoms with Crippen molar-refractivity contribution in [3.8, 4) is 5.82 Å². The fourth-order valence-corrected chi connectivity index (χ4v) is 2.99. The second kappa shape index (κ2) is 7.44. The first-order valence-electron chi connectivity index (χ1n) is 8.62. The van der Waals surface area contributed by atoms with E-state index in [1.807, 2.05) is 18.3 Å². The maximum absolute atomic E-state index is 12.1. The average Bonchev–Trinajstić information content (AvgIpc) is 3.23. The van der Waals surface area contributed by atoms with Gasteiger partial charge in [0.25, 0.3) is 5.56 Å². The second-order valence-corrected chi connectivity index (χ2v) is 6.08. The molecule has 0 bridgehead atoms. The van der Waals surface area contributed by atoms with Crippen molar-refractivity contribution < 1.29 is 0 Å². The molecule has 0 atom stereocenters. The van der Waals surface area contributed by atoms with E-state index in [0.29, 0.717) is 12.4 Å². The van der Waals surface area contributed by atoms with Gasteiger partial charge in [-0.2, -0.15) is 5.10 Å². The van der Waals surface area contributed by atoms with Crippen LogP contribution in [0.4, 0.5) is 5.95 Å². The van der Waals surface area contributed by atoms with Gasteiger partial charge in [0.1, 0.15) is 0 Å². The quantitative estimate of drug-likeness (QED) is 0.641. The molecule has 1 fully saturated rings. The van der Waals surface area contributed by atoms with Crippen molar-refractivity contribution >= 4 is 5.95 Å². The molecule has 0 radical (unpaired) electrons. The molecule has 26 heavy (non-hydrogen) atoms. The zero-order valence-electron chi connectivity index (χ0n) is 14.3. The van der Waals surface area contributed by atoms with Crippen molar-refractivity contribution in [1.29, 1.82) is 0 Å². The SMILES string of the molecule is O=c1ccc(-n2cccn2)nn1CCN1CCN(c2ncccn2)CC1. The molecule has 0 spiro atoms. The minimum absolute atomic E-state index is 0.0998. The summed E-state index contributed by atoms with van der Waals surface area (Å²) in [4.78, 5) is 25.2. The first-order chi connectivity index (χ1) is 12.8. The molecule has 4 rings (SSSR count). The van der Waals surface area contributed by atoms with Gasteiger partial charge in [-0.05, 0) is 18.2 Å². The van der Waals surface area contributed by atoms with E-state index in [4.69, 9.17) is 0 Å². The molecule has 4 heterocycles. The van der Waals surface area contributed by atoms with Crippen LogP contribution < -0.4 is 10.5 Å². The molecule has 1 saturated heterocycles. The smallest absolute Gasteiger partial charge is 0.266 e. The summed E-state index contributed by atoms with van der Waals surface area (Å²) in [6, 6.07) is 6.87. The fraction of sp³-hybridized carbons (Fsp3) is 0.353. The largest absolute Gasteiger partial charge is 0.338 e. The third-order valence-electron chi connectivity index (χ3n) is 4.43. The van der Waals surface area contributed by atoms with Crippen LogP contribution in [0.2, 0.25) is 0 Å². The predicted octanol–water partition coefficient (Wildman–Crippen LogP) is 0.0412. The van der Waals surface area contributed by atoms with E-state index in [-0.39, 0.29) is 5.56 Å². The number of anilines is 1. The standard InChI is InChI=1S/C17H20N8O/c26-16-4-3-15(24-8-2-7-20-24)21-25(16)14-11-22-9-12-23(13-10-22)17-18-5-1-6-19-17/h1-8H,9-14H2. The summed E-state index contributed by atoms with van der Waals surface area (Å²) in [7, 11) is 0. The number of hydrogen-bond donors (Lipinski definition) is 0. The van der Waals surface area contributed by atoms with E-state index in [1.165, 1.54) is 10.7 Å². The molecule has 0 unspecified atom stereocenters. The van der Waals surface area contributed by atoms with Gasteiger partial charge in [0.15, 0.2) is 5.82 Å². The van der Waals surface area contributed by atoms with Crippen LogP contribution in [-0.4, -0.2) is 67.2 Å². The summed E-state index contributed by atoms with van der Waals surface area (Å²) in [6.45, 7) is 4.89. The highest BCUT2D eigenvalue weighted by Gasteiger charge is 2.18. The van der Waals surface area contributed by atoms with Crippen LogP contribution in [0.15, 0.2) is 53.8 Å². The number of hydrogen-bond acceptors (Lipinski definition) is 7. The Labute approximate surface area is 150 Å². The topological polar surface area (TPSA) is 85.0 Å². The number of nitrogens with zero attached hydrogens (tertiary/aromatic N) is 8. The van der Waals surface area contributed by atoms with Gasteiger partial charge in [0, 0.05) is 63.6 Å². The van der Waals surface area contributed by atoms with Gasteiger partial charge < -0.3 is 4.90 Å². The molecule has 0 amide bonds. The van der Waals surface area contributed by atoms with Crippen LogP contribution in [0, 0.1) is 0 Å². The monoisotopic (exact) mass is 352 g/mol. The van der Waals surface area contributed by atoms with E-state index in [9.17, 15) is 4.79 Å². The molecule has 0 N–H and O–H groups in total. The van der Waals surface area contributed by atoms with Crippen LogP contribution >= 0.6 is 0 Å². The van der Waals surface area contributed by atoms with E-state index < -0.39 is 0 Å². The Balaban J connectivity index is 1.35. The molecular formula is C17H20N8O. The molecule has 3 aromatic rings. The maximum atomic E-state index is 12.1. The Bertz CT molecular complexity index is 885. The molecule has 0 aliphatic carbocycles. The summed E-state index contributed by atoms with van der Waals surface area (Å²) in [5, 5.41) is 8.56. The lowest BCUT2D eigenvalue weighted by Gasteiger charge is -2.34. The molecule has 3 aromatic heterocycles. The normalized spacial score (nSPS) is 15.3. The summed E-state index contributed by atoms with van der Waals surface area (Å²) < 4.78 is 3.15. The average molecular weight is 352 g/mol. The minimum Gasteiger partial charge on any atom is -0.338 e. The van der Waals surface area contributed by atoms with Gasteiger partial charge in [0.05, 0.1) is 6.54 Å². The van der Waals surface area contributed by atoms with Gasteiger partial charge in [-0.15, -0.1) is 5.10 Å². The Hall–Kier alpha value is -3.07. The van der Waals surface area contributed by atoms with Crippen molar-refractivity contribution in [3.05, 3.63) is 59.4 Å². The second-order valence-electron chi connectivity index (χ2n) is 6.08. The van der Waals surface area contributed by atoms with Crippen molar-refractivity contribution in [2.45, 2.75) is 6.54 Å². The lowest BCUT2D eigenvalue weighted by Crippen LogP contribution is -2.48. The zero-order valence-corrected chi connectivity index (χ0v) is 14.3. The van der Waals surface area contributed by atoms with Gasteiger partial charge >= 0.3 is 0 Å². The zero-order chi connectivity index (χ0) is 17.8. The van der Waals surface area contributed by atoms with Gasteiger partial charge in [-0.25, -0.2) is 19.3 Å². The third-order valence-corrected chi connectivity index (χ3v) is 4.43. The van der Waals surface area contributed by atoms with Crippen LogP contribution in [0.5, 0.6) is 0 Å². The fourth-order valence-electron chi connectivity index (χ4n) is 2.99. The summed E-state index contributed by atoms with van der Waals surface area (Å²) >= 11 is 0. The van der Waals surface area contributed by atoms with Gasteiger partial charge in [-0.3, -0.25) is 9.69 Å². The van der Waals surface area contributed by atoms with Crippen LogP contribution in [-0.2, 0) is 6.54 Å². The Morgan fingerprint density at radius 1 is 0.923 bits per heavy atom. The molecule has 0 aromatic carbocycles.